The molecular formula is C7H11N3O2. The largest absolute Gasteiger partial charge is 0.295 e. The Labute approximate surface area is 70.0 Å². The molecule has 2 N–H and O–H groups in total. The highest BCUT2D eigenvalue weighted by Gasteiger charge is 2.06. The van der Waals surface area contributed by atoms with Gasteiger partial charge in [0.05, 0.1) is 0 Å². The van der Waals surface area contributed by atoms with Gasteiger partial charge in [-0.05, 0) is 12.5 Å². The Morgan fingerprint density at radius 3 is 3.17 bits per heavy atom. The minimum atomic E-state index is -0.579. The standard InChI is InChI=1S/C7H11N3O2/c1-2-4-10-5-3-6(8-10)7(11)9-12/h3,5,12H,2,4H2,1H3,(H,9,11). The second kappa shape index (κ2) is 3.87. The van der Waals surface area contributed by atoms with Crippen molar-refractivity contribution in [1.82, 2.24) is 15.3 Å². The molecule has 0 aromatic carbocycles. The predicted octanol–water partition coefficient (Wildman–Crippen LogP) is 0.412. The van der Waals surface area contributed by atoms with E-state index in [2.05, 4.69) is 5.10 Å². The van der Waals surface area contributed by atoms with Crippen molar-refractivity contribution >= 4 is 5.91 Å². The van der Waals surface area contributed by atoms with Crippen LogP contribution in [-0.2, 0) is 6.54 Å². The van der Waals surface area contributed by atoms with Gasteiger partial charge in [-0.15, -0.1) is 0 Å². The van der Waals surface area contributed by atoms with E-state index in [0.29, 0.717) is 0 Å². The number of rotatable bonds is 3. The number of amides is 1. The molecule has 0 saturated heterocycles. The Morgan fingerprint density at radius 2 is 2.58 bits per heavy atom. The lowest BCUT2D eigenvalue weighted by Crippen LogP contribution is -2.19. The maximum Gasteiger partial charge on any atom is 0.295 e. The molecule has 1 aromatic rings. The van der Waals surface area contributed by atoms with Gasteiger partial charge in [0.2, 0.25) is 0 Å². The van der Waals surface area contributed by atoms with Gasteiger partial charge in [0.25, 0.3) is 5.91 Å². The van der Waals surface area contributed by atoms with E-state index in [9.17, 15) is 4.79 Å². The lowest BCUT2D eigenvalue weighted by Gasteiger charge is -1.95. The molecule has 12 heavy (non-hydrogen) atoms. The summed E-state index contributed by atoms with van der Waals surface area (Å²) in [5.41, 5.74) is 1.75. The number of hydrogen-bond acceptors (Lipinski definition) is 3. The molecule has 1 amide bonds. The van der Waals surface area contributed by atoms with Gasteiger partial charge in [-0.2, -0.15) is 5.10 Å². The predicted molar refractivity (Wildman–Crippen MR) is 41.8 cm³/mol. The van der Waals surface area contributed by atoms with Crippen LogP contribution >= 0.6 is 0 Å². The minimum absolute atomic E-state index is 0.228. The smallest absolute Gasteiger partial charge is 0.288 e. The van der Waals surface area contributed by atoms with E-state index in [-0.39, 0.29) is 5.69 Å². The summed E-state index contributed by atoms with van der Waals surface area (Å²) in [4.78, 5) is 10.8. The molecule has 0 aliphatic carbocycles. The van der Waals surface area contributed by atoms with E-state index in [4.69, 9.17) is 5.21 Å². The normalized spacial score (nSPS) is 9.83. The first-order chi connectivity index (χ1) is 5.77. The zero-order chi connectivity index (χ0) is 8.97. The van der Waals surface area contributed by atoms with E-state index in [0.717, 1.165) is 13.0 Å². The molecule has 0 unspecified atom stereocenters. The lowest BCUT2D eigenvalue weighted by molar-refractivity contribution is 0.0700. The Hall–Kier alpha value is -1.36. The van der Waals surface area contributed by atoms with Crippen LogP contribution in [0.25, 0.3) is 0 Å². The molecule has 0 spiro atoms. The van der Waals surface area contributed by atoms with Crippen molar-refractivity contribution in [1.29, 1.82) is 0 Å². The molecule has 5 heteroatoms. The highest BCUT2D eigenvalue weighted by Crippen LogP contribution is 1.95. The Bertz CT molecular complexity index is 269. The molecule has 0 saturated carbocycles. The van der Waals surface area contributed by atoms with Crippen LogP contribution in [0.4, 0.5) is 0 Å². The quantitative estimate of drug-likeness (QED) is 0.508. The molecular weight excluding hydrogens is 158 g/mol. The molecule has 5 nitrogen and oxygen atoms in total. The molecule has 1 heterocycles. The number of nitrogens with one attached hydrogen (secondary N) is 1. The van der Waals surface area contributed by atoms with Crippen LogP contribution in [0, 0.1) is 0 Å². The number of carbonyl (C=O) groups excluding carboxylic acids is 1. The maximum atomic E-state index is 10.8. The first-order valence-corrected chi connectivity index (χ1v) is 3.75. The Kier molecular flexibility index (Phi) is 2.82. The van der Waals surface area contributed by atoms with Crippen LogP contribution in [0.15, 0.2) is 12.3 Å². The third kappa shape index (κ3) is 1.82. The molecule has 1 aromatic heterocycles. The fourth-order valence-electron chi connectivity index (χ4n) is 0.894. The maximum absolute atomic E-state index is 10.8. The monoisotopic (exact) mass is 169 g/mol. The summed E-state index contributed by atoms with van der Waals surface area (Å²) in [6, 6.07) is 1.56. The summed E-state index contributed by atoms with van der Waals surface area (Å²) in [7, 11) is 0. The fourth-order valence-corrected chi connectivity index (χ4v) is 0.894. The SMILES string of the molecule is CCCn1ccc(C(=O)NO)n1. The molecule has 0 aliphatic rings. The molecule has 0 fully saturated rings. The van der Waals surface area contributed by atoms with Crippen LogP contribution in [0.5, 0.6) is 0 Å². The number of aryl methyl sites for hydroxylation is 1. The van der Waals surface area contributed by atoms with Gasteiger partial charge in [-0.1, -0.05) is 6.92 Å². The zero-order valence-corrected chi connectivity index (χ0v) is 6.82. The van der Waals surface area contributed by atoms with Crippen LogP contribution < -0.4 is 5.48 Å². The number of hydrogen-bond donors (Lipinski definition) is 2. The van der Waals surface area contributed by atoms with Crippen molar-refractivity contribution in [2.75, 3.05) is 0 Å². The summed E-state index contributed by atoms with van der Waals surface area (Å²) >= 11 is 0. The summed E-state index contributed by atoms with van der Waals surface area (Å²) in [6.07, 6.45) is 2.66. The van der Waals surface area contributed by atoms with Gasteiger partial charge in [0.15, 0.2) is 5.69 Å². The minimum Gasteiger partial charge on any atom is -0.288 e. The van der Waals surface area contributed by atoms with Crippen molar-refractivity contribution in [2.45, 2.75) is 19.9 Å². The number of hydroxylamine groups is 1. The molecule has 66 valence electrons. The number of aromatic nitrogens is 2. The second-order valence-electron chi connectivity index (χ2n) is 2.40. The Balaban J connectivity index is 2.70. The van der Waals surface area contributed by atoms with Crippen LogP contribution in [0.1, 0.15) is 23.8 Å². The van der Waals surface area contributed by atoms with Crippen molar-refractivity contribution < 1.29 is 10.0 Å². The van der Waals surface area contributed by atoms with Crippen LogP contribution in [-0.4, -0.2) is 20.9 Å². The van der Waals surface area contributed by atoms with E-state index in [1.54, 1.807) is 16.9 Å². The van der Waals surface area contributed by atoms with Crippen LogP contribution in [0.3, 0.4) is 0 Å². The molecule has 0 bridgehead atoms. The summed E-state index contributed by atoms with van der Waals surface area (Å²) in [5, 5.41) is 12.2. The highest BCUT2D eigenvalue weighted by atomic mass is 16.5. The van der Waals surface area contributed by atoms with E-state index < -0.39 is 5.91 Å². The topological polar surface area (TPSA) is 67.2 Å². The average molecular weight is 169 g/mol. The molecule has 0 aliphatic heterocycles. The van der Waals surface area contributed by atoms with Gasteiger partial charge in [-0.3, -0.25) is 14.7 Å². The van der Waals surface area contributed by atoms with Gasteiger partial charge >= 0.3 is 0 Å². The molecule has 1 rings (SSSR count). The summed E-state index contributed by atoms with van der Waals surface area (Å²) < 4.78 is 1.66. The van der Waals surface area contributed by atoms with Crippen molar-refractivity contribution in [3.8, 4) is 0 Å². The number of nitrogens with zero attached hydrogens (tertiary/aromatic N) is 2. The lowest BCUT2D eigenvalue weighted by atomic mass is 10.4. The average Bonchev–Trinajstić information content (AvgIpc) is 2.52. The van der Waals surface area contributed by atoms with Crippen molar-refractivity contribution in [3.05, 3.63) is 18.0 Å². The summed E-state index contributed by atoms with van der Waals surface area (Å²) in [6.45, 7) is 2.80. The third-order valence-corrected chi connectivity index (χ3v) is 1.43. The fraction of sp³-hybridized carbons (Fsp3) is 0.429. The van der Waals surface area contributed by atoms with E-state index in [1.165, 1.54) is 5.48 Å². The van der Waals surface area contributed by atoms with E-state index in [1.807, 2.05) is 6.92 Å². The van der Waals surface area contributed by atoms with Crippen molar-refractivity contribution in [3.63, 3.8) is 0 Å². The van der Waals surface area contributed by atoms with Crippen molar-refractivity contribution in [2.24, 2.45) is 0 Å². The van der Waals surface area contributed by atoms with E-state index >= 15 is 0 Å². The molecule has 0 radical (unpaired) electrons. The number of carbonyl (C=O) groups is 1. The highest BCUT2D eigenvalue weighted by molar-refractivity contribution is 5.91. The first-order valence-electron chi connectivity index (χ1n) is 3.75. The van der Waals surface area contributed by atoms with Gasteiger partial charge in [0, 0.05) is 12.7 Å². The second-order valence-corrected chi connectivity index (χ2v) is 2.40. The van der Waals surface area contributed by atoms with Gasteiger partial charge in [0.1, 0.15) is 0 Å². The summed E-state index contributed by atoms with van der Waals surface area (Å²) in [5.74, 6) is -0.579. The zero-order valence-electron chi connectivity index (χ0n) is 6.82. The van der Waals surface area contributed by atoms with Crippen LogP contribution in [0.2, 0.25) is 0 Å². The Morgan fingerprint density at radius 1 is 1.83 bits per heavy atom. The van der Waals surface area contributed by atoms with Gasteiger partial charge in [-0.25, -0.2) is 5.48 Å². The van der Waals surface area contributed by atoms with Gasteiger partial charge < -0.3 is 0 Å². The first kappa shape index (κ1) is 8.73. The molecule has 0 atom stereocenters. The third-order valence-electron chi connectivity index (χ3n) is 1.43.